The molecule has 0 radical (unpaired) electrons. The monoisotopic (exact) mass is 363 g/mol. The van der Waals surface area contributed by atoms with E-state index in [1.165, 1.54) is 0 Å². The number of carbonyl (C=O) groups excluding carboxylic acids is 1. The van der Waals surface area contributed by atoms with Gasteiger partial charge in [0.05, 0.1) is 10.7 Å². The molecule has 26 heavy (non-hydrogen) atoms. The molecule has 1 amide bonds. The van der Waals surface area contributed by atoms with E-state index in [0.29, 0.717) is 17.1 Å². The molecular weight excluding hydrogens is 342 g/mol. The molecule has 0 aliphatic rings. The summed E-state index contributed by atoms with van der Waals surface area (Å²) in [6.45, 7) is 3.95. The maximum Gasteiger partial charge on any atom is 0.225 e. The SMILES string of the molecule is Cc1cc(C)c(NC(=O)CC(c2ccccc2)c2ccccc2)c(Cl)c1. The highest BCUT2D eigenvalue weighted by Crippen LogP contribution is 2.31. The fourth-order valence-corrected chi connectivity index (χ4v) is 3.62. The number of benzene rings is 3. The van der Waals surface area contributed by atoms with E-state index in [2.05, 4.69) is 29.6 Å². The van der Waals surface area contributed by atoms with Gasteiger partial charge >= 0.3 is 0 Å². The van der Waals surface area contributed by atoms with Crippen LogP contribution in [0.3, 0.4) is 0 Å². The number of hydrogen-bond donors (Lipinski definition) is 1. The fraction of sp³-hybridized carbons (Fsp3) is 0.174. The Labute approximate surface area is 159 Å². The van der Waals surface area contributed by atoms with Crippen LogP contribution in [0.4, 0.5) is 5.69 Å². The van der Waals surface area contributed by atoms with Crippen molar-refractivity contribution in [2.24, 2.45) is 0 Å². The van der Waals surface area contributed by atoms with Crippen LogP contribution >= 0.6 is 11.6 Å². The molecule has 3 heteroatoms. The Morgan fingerprint density at radius 3 is 1.96 bits per heavy atom. The van der Waals surface area contributed by atoms with E-state index in [0.717, 1.165) is 22.3 Å². The van der Waals surface area contributed by atoms with Crippen molar-refractivity contribution >= 4 is 23.2 Å². The average molecular weight is 364 g/mol. The van der Waals surface area contributed by atoms with E-state index in [4.69, 9.17) is 11.6 Å². The first-order valence-electron chi connectivity index (χ1n) is 8.71. The molecule has 3 rings (SSSR count). The molecular formula is C23H22ClNO. The van der Waals surface area contributed by atoms with Crippen LogP contribution in [0.2, 0.25) is 5.02 Å². The van der Waals surface area contributed by atoms with Crippen LogP contribution in [-0.4, -0.2) is 5.91 Å². The van der Waals surface area contributed by atoms with E-state index < -0.39 is 0 Å². The van der Waals surface area contributed by atoms with Crippen LogP contribution in [0.5, 0.6) is 0 Å². The molecule has 2 nitrogen and oxygen atoms in total. The Morgan fingerprint density at radius 2 is 1.46 bits per heavy atom. The summed E-state index contributed by atoms with van der Waals surface area (Å²) in [4.78, 5) is 12.8. The smallest absolute Gasteiger partial charge is 0.225 e. The number of carbonyl (C=O) groups is 1. The first-order chi connectivity index (χ1) is 12.5. The van der Waals surface area contributed by atoms with Crippen LogP contribution in [0.25, 0.3) is 0 Å². The number of hydrogen-bond acceptors (Lipinski definition) is 1. The van der Waals surface area contributed by atoms with Gasteiger partial charge in [0.15, 0.2) is 0 Å². The summed E-state index contributed by atoms with van der Waals surface area (Å²) in [5, 5.41) is 3.58. The zero-order valence-corrected chi connectivity index (χ0v) is 15.8. The van der Waals surface area contributed by atoms with Gasteiger partial charge in [-0.15, -0.1) is 0 Å². The van der Waals surface area contributed by atoms with Crippen molar-refractivity contribution < 1.29 is 4.79 Å². The number of aryl methyl sites for hydroxylation is 2. The minimum atomic E-state index is -0.0449. The summed E-state index contributed by atoms with van der Waals surface area (Å²) in [6, 6.07) is 24.1. The lowest BCUT2D eigenvalue weighted by atomic mass is 9.88. The minimum Gasteiger partial charge on any atom is -0.325 e. The maximum absolute atomic E-state index is 12.8. The first kappa shape index (κ1) is 18.2. The van der Waals surface area contributed by atoms with Gasteiger partial charge in [0, 0.05) is 12.3 Å². The van der Waals surface area contributed by atoms with Gasteiger partial charge in [0.2, 0.25) is 5.91 Å². The van der Waals surface area contributed by atoms with Crippen molar-refractivity contribution in [3.05, 3.63) is 100 Å². The molecule has 3 aromatic carbocycles. The maximum atomic E-state index is 12.8. The Balaban J connectivity index is 1.85. The highest BCUT2D eigenvalue weighted by molar-refractivity contribution is 6.34. The second-order valence-corrected chi connectivity index (χ2v) is 6.97. The highest BCUT2D eigenvalue weighted by Gasteiger charge is 2.19. The zero-order valence-electron chi connectivity index (χ0n) is 15.0. The average Bonchev–Trinajstić information content (AvgIpc) is 2.64. The number of nitrogens with one attached hydrogen (secondary N) is 1. The van der Waals surface area contributed by atoms with Crippen LogP contribution in [0, 0.1) is 13.8 Å². The fourth-order valence-electron chi connectivity index (χ4n) is 3.25. The lowest BCUT2D eigenvalue weighted by molar-refractivity contribution is -0.116. The van der Waals surface area contributed by atoms with Crippen molar-refractivity contribution in [2.45, 2.75) is 26.2 Å². The van der Waals surface area contributed by atoms with Gasteiger partial charge in [-0.25, -0.2) is 0 Å². The molecule has 3 aromatic rings. The molecule has 0 aliphatic carbocycles. The van der Waals surface area contributed by atoms with Crippen molar-refractivity contribution in [2.75, 3.05) is 5.32 Å². The zero-order chi connectivity index (χ0) is 18.5. The van der Waals surface area contributed by atoms with Crippen LogP contribution in [0.1, 0.15) is 34.6 Å². The van der Waals surface area contributed by atoms with Gasteiger partial charge < -0.3 is 5.32 Å². The molecule has 1 N–H and O–H groups in total. The van der Waals surface area contributed by atoms with Gasteiger partial charge in [0.25, 0.3) is 0 Å². The van der Waals surface area contributed by atoms with Crippen LogP contribution in [-0.2, 0) is 4.79 Å². The number of rotatable bonds is 5. The lowest BCUT2D eigenvalue weighted by Crippen LogP contribution is -2.17. The van der Waals surface area contributed by atoms with E-state index >= 15 is 0 Å². The minimum absolute atomic E-state index is 0.00179. The molecule has 0 fully saturated rings. The van der Waals surface area contributed by atoms with E-state index in [-0.39, 0.29) is 11.8 Å². The third-order valence-electron chi connectivity index (χ3n) is 4.49. The lowest BCUT2D eigenvalue weighted by Gasteiger charge is -2.19. The molecule has 0 atom stereocenters. The first-order valence-corrected chi connectivity index (χ1v) is 9.09. The Hall–Kier alpha value is -2.58. The van der Waals surface area contributed by atoms with E-state index in [1.807, 2.05) is 62.4 Å². The topological polar surface area (TPSA) is 29.1 Å². The second-order valence-electron chi connectivity index (χ2n) is 6.56. The van der Waals surface area contributed by atoms with Gasteiger partial charge in [-0.1, -0.05) is 78.3 Å². The summed E-state index contributed by atoms with van der Waals surface area (Å²) in [5.41, 5.74) is 5.00. The van der Waals surface area contributed by atoms with E-state index in [9.17, 15) is 4.79 Å². The number of halogens is 1. The predicted molar refractivity (Wildman–Crippen MR) is 109 cm³/mol. The largest absolute Gasteiger partial charge is 0.325 e. The van der Waals surface area contributed by atoms with Crippen molar-refractivity contribution in [3.63, 3.8) is 0 Å². The second kappa shape index (κ2) is 8.20. The summed E-state index contributed by atoms with van der Waals surface area (Å²) in [7, 11) is 0. The number of anilines is 1. The molecule has 0 bridgehead atoms. The highest BCUT2D eigenvalue weighted by atomic mass is 35.5. The molecule has 0 saturated carbocycles. The third kappa shape index (κ3) is 4.33. The quantitative estimate of drug-likeness (QED) is 0.581. The van der Waals surface area contributed by atoms with Crippen LogP contribution in [0.15, 0.2) is 72.8 Å². The third-order valence-corrected chi connectivity index (χ3v) is 4.79. The Bertz CT molecular complexity index is 828. The summed E-state index contributed by atoms with van der Waals surface area (Å²) >= 11 is 6.33. The molecule has 0 aliphatic heterocycles. The molecule has 132 valence electrons. The predicted octanol–water partition coefficient (Wildman–Crippen LogP) is 6.12. The van der Waals surface area contributed by atoms with Crippen LogP contribution < -0.4 is 5.32 Å². The van der Waals surface area contributed by atoms with Gasteiger partial charge in [-0.05, 0) is 42.2 Å². The normalized spacial score (nSPS) is 10.8. The van der Waals surface area contributed by atoms with Crippen molar-refractivity contribution in [3.8, 4) is 0 Å². The summed E-state index contributed by atoms with van der Waals surface area (Å²) in [6.07, 6.45) is 0.359. The molecule has 0 spiro atoms. The molecule has 0 unspecified atom stereocenters. The Morgan fingerprint density at radius 1 is 0.923 bits per heavy atom. The number of amides is 1. The summed E-state index contributed by atoms with van der Waals surface area (Å²) in [5.74, 6) is -0.0431. The molecule has 0 heterocycles. The standard InChI is InChI=1S/C23H22ClNO/c1-16-13-17(2)23(21(24)14-16)25-22(26)15-20(18-9-5-3-6-10-18)19-11-7-4-8-12-19/h3-14,20H,15H2,1-2H3,(H,25,26). The van der Waals surface area contributed by atoms with Crippen molar-refractivity contribution in [1.82, 2.24) is 0 Å². The van der Waals surface area contributed by atoms with E-state index in [1.54, 1.807) is 0 Å². The molecule has 0 aromatic heterocycles. The Kier molecular flexibility index (Phi) is 5.75. The van der Waals surface area contributed by atoms with Gasteiger partial charge in [-0.3, -0.25) is 4.79 Å². The van der Waals surface area contributed by atoms with Crippen molar-refractivity contribution in [1.29, 1.82) is 0 Å². The summed E-state index contributed by atoms with van der Waals surface area (Å²) < 4.78 is 0. The van der Waals surface area contributed by atoms with Gasteiger partial charge in [-0.2, -0.15) is 0 Å². The molecule has 0 saturated heterocycles. The van der Waals surface area contributed by atoms with Gasteiger partial charge in [0.1, 0.15) is 0 Å².